The fraction of sp³-hybridized carbons (Fsp3) is 0.161. The molecule has 0 fully saturated rings. The summed E-state index contributed by atoms with van der Waals surface area (Å²) in [6.07, 6.45) is 16.7. The van der Waals surface area contributed by atoms with E-state index in [4.69, 9.17) is 0 Å². The molecule has 2 heteroatoms. The fourth-order valence-electron chi connectivity index (χ4n) is 10.8. The number of allylic oxidation sites excluding steroid dienone is 6. The minimum Gasteiger partial charge on any atom is -0.310 e. The predicted molar refractivity (Wildman–Crippen MR) is 274 cm³/mol. The molecular formula is C62H54N2. The molecule has 8 aromatic carbocycles. The van der Waals surface area contributed by atoms with Crippen molar-refractivity contribution in [1.29, 1.82) is 0 Å². The van der Waals surface area contributed by atoms with Crippen molar-refractivity contribution in [3.05, 3.63) is 239 Å². The van der Waals surface area contributed by atoms with Gasteiger partial charge in [-0.15, -0.1) is 0 Å². The lowest BCUT2D eigenvalue weighted by atomic mass is 9.65. The average Bonchev–Trinajstić information content (AvgIpc) is 3.32. The highest BCUT2D eigenvalue weighted by molar-refractivity contribution is 5.99. The Hall–Kier alpha value is -7.16. The zero-order valence-electron chi connectivity index (χ0n) is 37.7. The average molecular weight is 827 g/mol. The van der Waals surface area contributed by atoms with Crippen LogP contribution in [0.25, 0.3) is 38.7 Å². The smallest absolute Gasteiger partial charge is 0.0544 e. The Kier molecular flexibility index (Phi) is 9.29. The number of rotatable bonds is 7. The van der Waals surface area contributed by atoms with Crippen LogP contribution in [0.5, 0.6) is 0 Å². The topological polar surface area (TPSA) is 6.48 Å². The Labute approximate surface area is 378 Å². The first-order valence-electron chi connectivity index (χ1n) is 22.9. The SMILES string of the molecule is C/C=C\C=C/c1ccccc1N(C1=CCC(C)(c2ccc3c(c2)C(C)(C)c2cc(-c4ccc5ccccc5c4)cc4c2N3c2ccccc2C4(C)C)C=C1)c1cccc2ccccc12. The molecule has 2 heterocycles. The molecule has 0 saturated carbocycles. The molecule has 0 radical (unpaired) electrons. The number of anilines is 5. The van der Waals surface area contributed by atoms with E-state index >= 15 is 0 Å². The zero-order valence-corrected chi connectivity index (χ0v) is 37.7. The Morgan fingerprint density at radius 1 is 0.531 bits per heavy atom. The number of benzene rings is 8. The maximum absolute atomic E-state index is 2.58. The number of hydrogen-bond donors (Lipinski definition) is 0. The molecule has 0 N–H and O–H groups in total. The van der Waals surface area contributed by atoms with Gasteiger partial charge in [0.2, 0.25) is 0 Å². The maximum Gasteiger partial charge on any atom is 0.0544 e. The lowest BCUT2D eigenvalue weighted by Gasteiger charge is -2.50. The largest absolute Gasteiger partial charge is 0.310 e. The molecule has 11 rings (SSSR count). The van der Waals surface area contributed by atoms with Gasteiger partial charge in [0.05, 0.1) is 28.4 Å². The first kappa shape index (κ1) is 39.7. The van der Waals surface area contributed by atoms with Crippen LogP contribution in [0, 0.1) is 0 Å². The molecular weight excluding hydrogens is 773 g/mol. The zero-order chi connectivity index (χ0) is 43.8. The fourth-order valence-corrected chi connectivity index (χ4v) is 10.8. The number of fused-ring (bicyclic) bond motifs is 6. The van der Waals surface area contributed by atoms with Gasteiger partial charge < -0.3 is 9.80 Å². The lowest BCUT2D eigenvalue weighted by Crippen LogP contribution is -2.38. The van der Waals surface area contributed by atoms with E-state index in [1.165, 1.54) is 94.5 Å². The van der Waals surface area contributed by atoms with Crippen molar-refractivity contribution in [3.63, 3.8) is 0 Å². The number of para-hydroxylation sites is 2. The van der Waals surface area contributed by atoms with Crippen molar-refractivity contribution < 1.29 is 0 Å². The van der Waals surface area contributed by atoms with E-state index in [0.717, 1.165) is 12.1 Å². The van der Waals surface area contributed by atoms with Crippen LogP contribution >= 0.6 is 0 Å². The quantitative estimate of drug-likeness (QED) is 0.148. The number of nitrogens with zero attached hydrogens (tertiary/aromatic N) is 2. The summed E-state index contributed by atoms with van der Waals surface area (Å²) < 4.78 is 0. The van der Waals surface area contributed by atoms with Crippen LogP contribution in [0.1, 0.15) is 81.3 Å². The van der Waals surface area contributed by atoms with Gasteiger partial charge in [-0.2, -0.15) is 0 Å². The van der Waals surface area contributed by atoms with Gasteiger partial charge >= 0.3 is 0 Å². The van der Waals surface area contributed by atoms with Crippen LogP contribution in [-0.4, -0.2) is 0 Å². The normalized spacial score (nSPS) is 18.0. The minimum absolute atomic E-state index is 0.189. The third-order valence-electron chi connectivity index (χ3n) is 14.5. The van der Waals surface area contributed by atoms with E-state index in [9.17, 15) is 0 Å². The summed E-state index contributed by atoms with van der Waals surface area (Å²) >= 11 is 0. The van der Waals surface area contributed by atoms with Crippen LogP contribution < -0.4 is 9.80 Å². The Bertz CT molecular complexity index is 3290. The van der Waals surface area contributed by atoms with E-state index in [-0.39, 0.29) is 16.2 Å². The maximum atomic E-state index is 2.58. The summed E-state index contributed by atoms with van der Waals surface area (Å²) in [7, 11) is 0. The Morgan fingerprint density at radius 2 is 1.20 bits per heavy atom. The molecule has 2 nitrogen and oxygen atoms in total. The first-order valence-corrected chi connectivity index (χ1v) is 22.9. The molecule has 1 aliphatic carbocycles. The van der Waals surface area contributed by atoms with Crippen molar-refractivity contribution in [2.45, 2.75) is 64.2 Å². The molecule has 0 bridgehead atoms. The van der Waals surface area contributed by atoms with Crippen LogP contribution in [0.2, 0.25) is 0 Å². The van der Waals surface area contributed by atoms with E-state index in [2.05, 4.69) is 258 Å². The monoisotopic (exact) mass is 826 g/mol. The third-order valence-corrected chi connectivity index (χ3v) is 14.5. The minimum atomic E-state index is -0.272. The van der Waals surface area contributed by atoms with E-state index in [0.29, 0.717) is 0 Å². The molecule has 312 valence electrons. The third kappa shape index (κ3) is 6.22. The van der Waals surface area contributed by atoms with Crippen LogP contribution in [-0.2, 0) is 16.2 Å². The summed E-state index contributed by atoms with van der Waals surface area (Å²) in [5, 5.41) is 4.99. The van der Waals surface area contributed by atoms with Crippen molar-refractivity contribution in [1.82, 2.24) is 0 Å². The molecule has 1 unspecified atom stereocenters. The highest BCUT2D eigenvalue weighted by Crippen LogP contribution is 2.61. The summed E-state index contributed by atoms with van der Waals surface area (Å²) in [4.78, 5) is 5.04. The van der Waals surface area contributed by atoms with Gasteiger partial charge in [0.25, 0.3) is 0 Å². The molecule has 0 saturated heterocycles. The van der Waals surface area contributed by atoms with Gasteiger partial charge in [0.1, 0.15) is 0 Å². The molecule has 0 amide bonds. The van der Waals surface area contributed by atoms with Gasteiger partial charge in [-0.25, -0.2) is 0 Å². The van der Waals surface area contributed by atoms with Gasteiger partial charge in [0, 0.05) is 27.3 Å². The summed E-state index contributed by atoms with van der Waals surface area (Å²) in [5.74, 6) is 0. The Balaban J connectivity index is 1.03. The van der Waals surface area contributed by atoms with E-state index < -0.39 is 0 Å². The van der Waals surface area contributed by atoms with Gasteiger partial charge in [-0.3, -0.25) is 0 Å². The molecule has 2 aliphatic heterocycles. The van der Waals surface area contributed by atoms with Crippen LogP contribution in [0.15, 0.2) is 206 Å². The van der Waals surface area contributed by atoms with Crippen molar-refractivity contribution in [2.75, 3.05) is 9.80 Å². The predicted octanol–water partition coefficient (Wildman–Crippen LogP) is 16.9. The number of hydrogen-bond acceptors (Lipinski definition) is 2. The highest BCUT2D eigenvalue weighted by Gasteiger charge is 2.46. The van der Waals surface area contributed by atoms with Crippen LogP contribution in [0.4, 0.5) is 28.4 Å². The van der Waals surface area contributed by atoms with Crippen molar-refractivity contribution >= 4 is 56.1 Å². The van der Waals surface area contributed by atoms with Crippen molar-refractivity contribution in [3.8, 4) is 11.1 Å². The standard InChI is InChI=1S/C62H54N2/c1-7-8-9-21-44-22-13-16-27-55(44)63(56-29-18-24-43-20-12-14-25-50(43)56)49-34-36-62(6,37-35-49)48-32-33-58-52(41-48)61(4,5)54-40-47(46-31-30-42-19-10-11-23-45(42)38-46)39-53-59(54)64(58)57-28-17-15-26-51(57)60(53,2)3/h7-36,38-41H,37H2,1-6H3/b8-7-,21-9-. The van der Waals surface area contributed by atoms with Gasteiger partial charge in [0.15, 0.2) is 0 Å². The molecule has 0 spiro atoms. The Morgan fingerprint density at radius 3 is 2.00 bits per heavy atom. The van der Waals surface area contributed by atoms with Crippen LogP contribution in [0.3, 0.4) is 0 Å². The summed E-state index contributed by atoms with van der Waals surface area (Å²) in [5.41, 5.74) is 17.2. The molecule has 1 atom stereocenters. The molecule has 64 heavy (non-hydrogen) atoms. The second-order valence-electron chi connectivity index (χ2n) is 19.2. The molecule has 0 aromatic heterocycles. The molecule has 8 aromatic rings. The van der Waals surface area contributed by atoms with E-state index in [1.807, 2.05) is 0 Å². The van der Waals surface area contributed by atoms with Crippen molar-refractivity contribution in [2.24, 2.45) is 0 Å². The lowest BCUT2D eigenvalue weighted by molar-refractivity contribution is 0.579. The second-order valence-corrected chi connectivity index (χ2v) is 19.2. The van der Waals surface area contributed by atoms with E-state index in [1.54, 1.807) is 0 Å². The first-order chi connectivity index (χ1) is 31.1. The second kappa shape index (κ2) is 15.0. The summed E-state index contributed by atoms with van der Waals surface area (Å²) in [6.45, 7) is 14.2. The van der Waals surface area contributed by atoms with Gasteiger partial charge in [-0.1, -0.05) is 192 Å². The van der Waals surface area contributed by atoms with Gasteiger partial charge in [-0.05, 0) is 123 Å². The highest BCUT2D eigenvalue weighted by atomic mass is 15.2. The summed E-state index contributed by atoms with van der Waals surface area (Å²) in [6, 6.07) is 61.2. The molecule has 3 aliphatic rings.